The predicted octanol–water partition coefficient (Wildman–Crippen LogP) is 4.55. The van der Waals surface area contributed by atoms with Crippen molar-refractivity contribution in [1.29, 1.82) is 0 Å². The minimum absolute atomic E-state index is 0.0264. The maximum absolute atomic E-state index is 9.81. The Hall–Kier alpha value is -2.50. The summed E-state index contributed by atoms with van der Waals surface area (Å²) in [5.41, 5.74) is 2.21. The molecule has 1 aromatic carbocycles. The Labute approximate surface area is 155 Å². The first-order valence-corrected chi connectivity index (χ1v) is 9.08. The Balaban J connectivity index is 2.51. The number of anilines is 1. The van der Waals surface area contributed by atoms with Crippen LogP contribution in [0.25, 0.3) is 11.3 Å². The van der Waals surface area contributed by atoms with Crippen molar-refractivity contribution in [2.45, 2.75) is 59.6 Å². The van der Waals surface area contributed by atoms with Gasteiger partial charge in [0.25, 0.3) is 5.88 Å². The molecule has 0 radical (unpaired) electrons. The third kappa shape index (κ3) is 4.56. The zero-order valence-electron chi connectivity index (χ0n) is 16.5. The molecular formula is C20H29N3O3. The van der Waals surface area contributed by atoms with E-state index in [1.165, 1.54) is 0 Å². The van der Waals surface area contributed by atoms with E-state index < -0.39 is 0 Å². The number of ether oxygens (including phenoxy) is 2. The number of aromatic hydroxyl groups is 1. The number of hydrogen-bond donors (Lipinski definition) is 2. The molecule has 2 N–H and O–H groups in total. The molecule has 6 nitrogen and oxygen atoms in total. The molecule has 0 fully saturated rings. The molecule has 0 atom stereocenters. The number of aromatic nitrogens is 2. The Bertz CT molecular complexity index is 743. The Morgan fingerprint density at radius 3 is 2.42 bits per heavy atom. The lowest BCUT2D eigenvalue weighted by molar-refractivity contribution is 0.242. The van der Waals surface area contributed by atoms with Gasteiger partial charge < -0.3 is 19.9 Å². The SMILES string of the molecule is CCC(CC)Nc1nc(C)c(-c2ccc(O)cc2OC(C)C)nc1OC. The first-order chi connectivity index (χ1) is 12.4. The maximum atomic E-state index is 9.81. The van der Waals surface area contributed by atoms with Gasteiger partial charge >= 0.3 is 0 Å². The van der Waals surface area contributed by atoms with Gasteiger partial charge in [0.05, 0.1) is 24.6 Å². The average Bonchev–Trinajstić information content (AvgIpc) is 2.60. The first-order valence-electron chi connectivity index (χ1n) is 9.08. The fourth-order valence-corrected chi connectivity index (χ4v) is 2.74. The molecule has 0 saturated heterocycles. The number of methoxy groups -OCH3 is 1. The standard InChI is InChI=1S/C20H29N3O3/c1-7-14(8-2)22-19-20(25-6)23-18(13(5)21-19)16-10-9-15(24)11-17(16)26-12(3)4/h9-12,14,24H,7-8H2,1-6H3,(H,21,22). The Kier molecular flexibility index (Phi) is 6.66. The van der Waals surface area contributed by atoms with Gasteiger partial charge in [-0.05, 0) is 45.7 Å². The minimum Gasteiger partial charge on any atom is -0.508 e. The number of phenols is 1. The van der Waals surface area contributed by atoms with Crippen molar-refractivity contribution >= 4 is 5.82 Å². The molecule has 0 aliphatic rings. The smallest absolute Gasteiger partial charge is 0.257 e. The van der Waals surface area contributed by atoms with Crippen molar-refractivity contribution in [1.82, 2.24) is 9.97 Å². The predicted molar refractivity (Wildman–Crippen MR) is 104 cm³/mol. The number of phenolic OH excluding ortho intramolecular Hbond substituents is 1. The molecule has 0 unspecified atom stereocenters. The van der Waals surface area contributed by atoms with E-state index >= 15 is 0 Å². The lowest BCUT2D eigenvalue weighted by Gasteiger charge is -2.19. The Morgan fingerprint density at radius 2 is 1.85 bits per heavy atom. The van der Waals surface area contributed by atoms with Crippen LogP contribution in [0.4, 0.5) is 5.82 Å². The van der Waals surface area contributed by atoms with Gasteiger partial charge in [-0.25, -0.2) is 9.97 Å². The highest BCUT2D eigenvalue weighted by Crippen LogP contribution is 2.36. The third-order valence-corrected chi connectivity index (χ3v) is 4.14. The number of nitrogens with one attached hydrogen (secondary N) is 1. The van der Waals surface area contributed by atoms with Crippen molar-refractivity contribution in [2.75, 3.05) is 12.4 Å². The molecule has 0 saturated carbocycles. The number of hydrogen-bond acceptors (Lipinski definition) is 6. The highest BCUT2D eigenvalue weighted by atomic mass is 16.5. The summed E-state index contributed by atoms with van der Waals surface area (Å²) in [6.07, 6.45) is 1.96. The summed E-state index contributed by atoms with van der Waals surface area (Å²) in [5.74, 6) is 1.81. The largest absolute Gasteiger partial charge is 0.508 e. The average molecular weight is 359 g/mol. The van der Waals surface area contributed by atoms with Crippen LogP contribution in [0.1, 0.15) is 46.2 Å². The second-order valence-electron chi connectivity index (χ2n) is 6.52. The molecule has 2 aromatic rings. The van der Waals surface area contributed by atoms with Gasteiger partial charge in [0.1, 0.15) is 11.5 Å². The second-order valence-corrected chi connectivity index (χ2v) is 6.52. The van der Waals surface area contributed by atoms with Crippen LogP contribution in [0.15, 0.2) is 18.2 Å². The Morgan fingerprint density at radius 1 is 1.15 bits per heavy atom. The van der Waals surface area contributed by atoms with E-state index in [-0.39, 0.29) is 11.9 Å². The molecule has 0 amide bonds. The van der Waals surface area contributed by atoms with E-state index in [1.54, 1.807) is 25.3 Å². The van der Waals surface area contributed by atoms with Crippen LogP contribution >= 0.6 is 0 Å². The topological polar surface area (TPSA) is 76.5 Å². The summed E-state index contributed by atoms with van der Waals surface area (Å²) < 4.78 is 11.3. The van der Waals surface area contributed by atoms with E-state index in [0.29, 0.717) is 29.2 Å². The molecule has 142 valence electrons. The number of aryl methyl sites for hydroxylation is 1. The highest BCUT2D eigenvalue weighted by Gasteiger charge is 2.19. The van der Waals surface area contributed by atoms with E-state index in [9.17, 15) is 5.11 Å². The van der Waals surface area contributed by atoms with Crippen LogP contribution in [0.5, 0.6) is 17.4 Å². The molecule has 0 aliphatic heterocycles. The fourth-order valence-electron chi connectivity index (χ4n) is 2.74. The lowest BCUT2D eigenvalue weighted by atomic mass is 10.1. The van der Waals surface area contributed by atoms with Crippen molar-refractivity contribution in [3.63, 3.8) is 0 Å². The minimum atomic E-state index is -0.0264. The van der Waals surface area contributed by atoms with Gasteiger partial charge in [-0.1, -0.05) is 13.8 Å². The summed E-state index contributed by atoms with van der Waals surface area (Å²) in [4.78, 5) is 9.35. The zero-order chi connectivity index (χ0) is 19.3. The van der Waals surface area contributed by atoms with Crippen molar-refractivity contribution in [3.05, 3.63) is 23.9 Å². The van der Waals surface area contributed by atoms with Gasteiger partial charge in [-0.3, -0.25) is 0 Å². The third-order valence-electron chi connectivity index (χ3n) is 4.14. The molecule has 26 heavy (non-hydrogen) atoms. The van der Waals surface area contributed by atoms with Gasteiger partial charge in [0, 0.05) is 17.7 Å². The van der Waals surface area contributed by atoms with Crippen molar-refractivity contribution in [2.24, 2.45) is 0 Å². The molecule has 0 bridgehead atoms. The molecule has 0 spiro atoms. The number of benzene rings is 1. The molecule has 2 rings (SSSR count). The van der Waals surface area contributed by atoms with E-state index in [4.69, 9.17) is 9.47 Å². The van der Waals surface area contributed by atoms with E-state index in [1.807, 2.05) is 20.8 Å². The van der Waals surface area contributed by atoms with Crippen LogP contribution in [0, 0.1) is 6.92 Å². The molecule has 1 aromatic heterocycles. The van der Waals surface area contributed by atoms with Gasteiger partial charge in [0.15, 0.2) is 5.82 Å². The number of rotatable bonds is 8. The van der Waals surface area contributed by atoms with Crippen LogP contribution in [-0.4, -0.2) is 34.3 Å². The van der Waals surface area contributed by atoms with E-state index in [0.717, 1.165) is 24.1 Å². The fraction of sp³-hybridized carbons (Fsp3) is 0.500. The normalized spacial score (nSPS) is 11.1. The van der Waals surface area contributed by atoms with Gasteiger partial charge in [-0.15, -0.1) is 0 Å². The lowest BCUT2D eigenvalue weighted by Crippen LogP contribution is -2.19. The second kappa shape index (κ2) is 8.74. The van der Waals surface area contributed by atoms with Crippen molar-refractivity contribution in [3.8, 4) is 28.6 Å². The molecule has 6 heteroatoms. The first kappa shape index (κ1) is 19.8. The van der Waals surface area contributed by atoms with Crippen LogP contribution in [0.3, 0.4) is 0 Å². The summed E-state index contributed by atoms with van der Waals surface area (Å²) in [6.45, 7) is 10.1. The van der Waals surface area contributed by atoms with Gasteiger partial charge in [-0.2, -0.15) is 0 Å². The summed E-state index contributed by atoms with van der Waals surface area (Å²) in [6, 6.07) is 5.32. The summed E-state index contributed by atoms with van der Waals surface area (Å²) in [7, 11) is 1.59. The molecular weight excluding hydrogens is 330 g/mol. The van der Waals surface area contributed by atoms with Crippen molar-refractivity contribution < 1.29 is 14.6 Å². The zero-order valence-corrected chi connectivity index (χ0v) is 16.5. The number of nitrogens with zero attached hydrogens (tertiary/aromatic N) is 2. The van der Waals surface area contributed by atoms with Crippen LogP contribution in [-0.2, 0) is 0 Å². The maximum Gasteiger partial charge on any atom is 0.257 e. The molecule has 0 aliphatic carbocycles. The summed E-state index contributed by atoms with van der Waals surface area (Å²) in [5, 5.41) is 13.2. The quantitative estimate of drug-likeness (QED) is 0.720. The highest BCUT2D eigenvalue weighted by molar-refractivity contribution is 5.72. The van der Waals surface area contributed by atoms with Gasteiger partial charge in [0.2, 0.25) is 0 Å². The summed E-state index contributed by atoms with van der Waals surface area (Å²) >= 11 is 0. The molecule has 1 heterocycles. The van der Waals surface area contributed by atoms with E-state index in [2.05, 4.69) is 29.1 Å². The van der Waals surface area contributed by atoms with Crippen LogP contribution < -0.4 is 14.8 Å². The van der Waals surface area contributed by atoms with Crippen LogP contribution in [0.2, 0.25) is 0 Å². The monoisotopic (exact) mass is 359 g/mol.